The van der Waals surface area contributed by atoms with Crippen LogP contribution in [-0.2, 0) is 14.0 Å². The van der Waals surface area contributed by atoms with Crippen molar-refractivity contribution in [2.75, 3.05) is 6.61 Å². The van der Waals surface area contributed by atoms with E-state index in [1.165, 1.54) is 24.2 Å². The van der Waals surface area contributed by atoms with E-state index in [4.69, 9.17) is 9.16 Å². The highest BCUT2D eigenvalue weighted by Crippen LogP contribution is 2.54. The summed E-state index contributed by atoms with van der Waals surface area (Å²) in [6.45, 7) is 13.4. The molecule has 0 N–H and O–H groups in total. The van der Waals surface area contributed by atoms with Crippen LogP contribution in [0.5, 0.6) is 0 Å². The first-order valence-electron chi connectivity index (χ1n) is 8.78. The predicted octanol–water partition coefficient (Wildman–Crippen LogP) is 4.89. The van der Waals surface area contributed by atoms with Gasteiger partial charge >= 0.3 is 5.97 Å². The second-order valence-corrected chi connectivity index (χ2v) is 12.5. The van der Waals surface area contributed by atoms with Crippen molar-refractivity contribution in [1.82, 2.24) is 0 Å². The molecule has 0 amide bonds. The van der Waals surface area contributed by atoms with Gasteiger partial charge in [-0.2, -0.15) is 0 Å². The summed E-state index contributed by atoms with van der Waals surface area (Å²) in [5, 5.41) is 0. The summed E-state index contributed by atoms with van der Waals surface area (Å²) in [5.74, 6) is 1.76. The summed E-state index contributed by atoms with van der Waals surface area (Å²) in [6.07, 6.45) is 5.49. The standard InChI is InChI=1S/C18H32O3Si/c1-7-20-17(19)18(3)13(2)12-16(21-22(4,5)6)14-10-8-9-11-15(14)18/h13,15H,7-12H2,1-6H3/t13-,15-,18-/m1/s1. The molecule has 2 aliphatic carbocycles. The number of ether oxygens (including phenoxy) is 1. The van der Waals surface area contributed by atoms with E-state index in [2.05, 4.69) is 33.5 Å². The van der Waals surface area contributed by atoms with Crippen LogP contribution in [0.3, 0.4) is 0 Å². The summed E-state index contributed by atoms with van der Waals surface area (Å²) in [5.41, 5.74) is 1.03. The monoisotopic (exact) mass is 324 g/mol. The number of allylic oxidation sites excluding steroid dienone is 2. The van der Waals surface area contributed by atoms with Gasteiger partial charge in [0.1, 0.15) is 0 Å². The summed E-state index contributed by atoms with van der Waals surface area (Å²) in [4.78, 5) is 12.7. The Bertz CT molecular complexity index is 463. The van der Waals surface area contributed by atoms with E-state index in [-0.39, 0.29) is 11.9 Å². The Balaban J connectivity index is 2.40. The number of carbonyl (C=O) groups excluding carboxylic acids is 1. The number of carbonyl (C=O) groups is 1. The maximum Gasteiger partial charge on any atom is 0.312 e. The maximum absolute atomic E-state index is 12.7. The van der Waals surface area contributed by atoms with Gasteiger partial charge in [-0.1, -0.05) is 13.3 Å². The zero-order valence-electron chi connectivity index (χ0n) is 15.1. The SMILES string of the molecule is CCOC(=O)[C@]1(C)[C@H](C)CC(O[Si](C)(C)C)=C2CCCC[C@H]21. The Hall–Kier alpha value is -0.773. The fraction of sp³-hybridized carbons (Fsp3) is 0.833. The third-order valence-electron chi connectivity index (χ3n) is 5.35. The van der Waals surface area contributed by atoms with Crippen LogP contribution in [-0.4, -0.2) is 20.9 Å². The minimum absolute atomic E-state index is 0.0149. The van der Waals surface area contributed by atoms with Crippen LogP contribution in [0.4, 0.5) is 0 Å². The lowest BCUT2D eigenvalue weighted by Crippen LogP contribution is -2.48. The molecule has 0 spiro atoms. The van der Waals surface area contributed by atoms with Crippen molar-refractivity contribution in [3.63, 3.8) is 0 Å². The van der Waals surface area contributed by atoms with E-state index < -0.39 is 13.7 Å². The van der Waals surface area contributed by atoms with Gasteiger partial charge in [-0.15, -0.1) is 0 Å². The second kappa shape index (κ2) is 6.38. The van der Waals surface area contributed by atoms with Crippen LogP contribution < -0.4 is 0 Å². The minimum atomic E-state index is -1.61. The van der Waals surface area contributed by atoms with Gasteiger partial charge in [0.15, 0.2) is 0 Å². The van der Waals surface area contributed by atoms with Gasteiger partial charge in [0, 0.05) is 6.42 Å². The van der Waals surface area contributed by atoms with Crippen LogP contribution in [0.1, 0.15) is 52.9 Å². The van der Waals surface area contributed by atoms with Gasteiger partial charge in [0.2, 0.25) is 8.32 Å². The molecule has 22 heavy (non-hydrogen) atoms. The Morgan fingerprint density at radius 1 is 1.32 bits per heavy atom. The molecule has 0 saturated heterocycles. The number of rotatable bonds is 4. The zero-order chi connectivity index (χ0) is 16.5. The van der Waals surface area contributed by atoms with Crippen molar-refractivity contribution in [3.05, 3.63) is 11.3 Å². The molecule has 3 atom stereocenters. The van der Waals surface area contributed by atoms with Gasteiger partial charge in [0.05, 0.1) is 17.8 Å². The van der Waals surface area contributed by atoms with Gasteiger partial charge in [-0.3, -0.25) is 4.79 Å². The number of fused-ring (bicyclic) bond motifs is 1. The average molecular weight is 325 g/mol. The number of hydrogen-bond donors (Lipinski definition) is 0. The lowest BCUT2D eigenvalue weighted by Gasteiger charge is -2.48. The Kier molecular flexibility index (Phi) is 5.10. The molecule has 3 nitrogen and oxygen atoms in total. The first-order valence-corrected chi connectivity index (χ1v) is 12.2. The van der Waals surface area contributed by atoms with Gasteiger partial charge in [0.25, 0.3) is 0 Å². The molecule has 1 fully saturated rings. The third-order valence-corrected chi connectivity index (χ3v) is 6.21. The van der Waals surface area contributed by atoms with Crippen LogP contribution in [0.2, 0.25) is 19.6 Å². The Morgan fingerprint density at radius 3 is 2.59 bits per heavy atom. The molecular formula is C18H32O3Si. The Morgan fingerprint density at radius 2 is 2.00 bits per heavy atom. The van der Waals surface area contributed by atoms with E-state index in [0.717, 1.165) is 19.3 Å². The van der Waals surface area contributed by atoms with Crippen LogP contribution in [0.15, 0.2) is 11.3 Å². The highest BCUT2D eigenvalue weighted by atomic mass is 28.4. The fourth-order valence-electron chi connectivity index (χ4n) is 4.08. The second-order valence-electron chi connectivity index (χ2n) is 8.07. The first-order chi connectivity index (χ1) is 10.2. The zero-order valence-corrected chi connectivity index (χ0v) is 16.1. The average Bonchev–Trinajstić information content (AvgIpc) is 2.43. The maximum atomic E-state index is 12.7. The van der Waals surface area contributed by atoms with Crippen molar-refractivity contribution in [2.45, 2.75) is 72.5 Å². The quantitative estimate of drug-likeness (QED) is 0.545. The molecule has 0 aromatic heterocycles. The van der Waals surface area contributed by atoms with Crippen molar-refractivity contribution in [2.24, 2.45) is 17.3 Å². The van der Waals surface area contributed by atoms with E-state index in [9.17, 15) is 4.79 Å². The van der Waals surface area contributed by atoms with Gasteiger partial charge in [-0.05, 0) is 70.2 Å². The smallest absolute Gasteiger partial charge is 0.312 e. The number of esters is 1. The molecule has 0 aromatic carbocycles. The molecule has 1 saturated carbocycles. The van der Waals surface area contributed by atoms with Gasteiger partial charge in [-0.25, -0.2) is 0 Å². The van der Waals surface area contributed by atoms with Gasteiger partial charge < -0.3 is 9.16 Å². The number of hydrogen-bond acceptors (Lipinski definition) is 3. The van der Waals surface area contributed by atoms with Crippen LogP contribution >= 0.6 is 0 Å². The lowest BCUT2D eigenvalue weighted by molar-refractivity contribution is -0.162. The van der Waals surface area contributed by atoms with Crippen molar-refractivity contribution < 1.29 is 14.0 Å². The molecule has 0 unspecified atom stereocenters. The molecule has 4 heteroatoms. The largest absolute Gasteiger partial charge is 0.547 e. The Labute approximate surface area is 136 Å². The first kappa shape index (κ1) is 17.6. The van der Waals surface area contributed by atoms with E-state index in [1.807, 2.05) is 6.92 Å². The van der Waals surface area contributed by atoms with E-state index >= 15 is 0 Å². The van der Waals surface area contributed by atoms with E-state index in [0.29, 0.717) is 12.5 Å². The molecule has 2 aliphatic rings. The molecule has 0 aliphatic heterocycles. The van der Waals surface area contributed by atoms with Crippen molar-refractivity contribution >= 4 is 14.3 Å². The molecular weight excluding hydrogens is 292 g/mol. The normalized spacial score (nSPS) is 32.5. The predicted molar refractivity (Wildman–Crippen MR) is 91.9 cm³/mol. The molecule has 0 heterocycles. The summed E-state index contributed by atoms with van der Waals surface area (Å²) in [6, 6.07) is 0. The van der Waals surface area contributed by atoms with Crippen LogP contribution in [0, 0.1) is 17.3 Å². The highest BCUT2D eigenvalue weighted by Gasteiger charge is 2.52. The van der Waals surface area contributed by atoms with E-state index in [1.54, 1.807) is 0 Å². The third kappa shape index (κ3) is 3.27. The summed E-state index contributed by atoms with van der Waals surface area (Å²) in [7, 11) is -1.61. The molecule has 2 rings (SSSR count). The minimum Gasteiger partial charge on any atom is -0.547 e. The summed E-state index contributed by atoms with van der Waals surface area (Å²) >= 11 is 0. The topological polar surface area (TPSA) is 35.5 Å². The molecule has 0 radical (unpaired) electrons. The fourth-order valence-corrected chi connectivity index (χ4v) is 5.03. The molecule has 0 aromatic rings. The lowest BCUT2D eigenvalue weighted by atomic mass is 9.57. The van der Waals surface area contributed by atoms with Crippen LogP contribution in [0.25, 0.3) is 0 Å². The van der Waals surface area contributed by atoms with Crippen molar-refractivity contribution in [3.8, 4) is 0 Å². The summed E-state index contributed by atoms with van der Waals surface area (Å²) < 4.78 is 11.9. The van der Waals surface area contributed by atoms with Crippen molar-refractivity contribution in [1.29, 1.82) is 0 Å². The molecule has 0 bridgehead atoms. The molecule has 126 valence electrons. The highest BCUT2D eigenvalue weighted by molar-refractivity contribution is 6.70.